The van der Waals surface area contributed by atoms with Crippen LogP contribution in [0.15, 0.2) is 77.6 Å². The largest absolute Gasteiger partial charge is 0.493 e. The fourth-order valence-corrected chi connectivity index (χ4v) is 4.76. The van der Waals surface area contributed by atoms with Gasteiger partial charge in [0.05, 0.1) is 24.4 Å². The molecular weight excluding hydrogens is 528 g/mol. The number of hydrogen-bond acceptors (Lipinski definition) is 7. The molecule has 0 aliphatic rings. The van der Waals surface area contributed by atoms with Crippen LogP contribution >= 0.6 is 11.3 Å². The SMILES string of the molecule is COc1ccc(NC(=O)/C(C#N)=c2\s/c(=C\c3ccc(OC(F)F)cc3)c(=O)n2-c2ccccc2)cc1OC. The van der Waals surface area contributed by atoms with Gasteiger partial charge in [0, 0.05) is 11.8 Å². The Labute approximate surface area is 225 Å². The molecule has 1 N–H and O–H groups in total. The number of thiazole rings is 1. The summed E-state index contributed by atoms with van der Waals surface area (Å²) in [6.07, 6.45) is 1.54. The van der Waals surface area contributed by atoms with Gasteiger partial charge in [-0.2, -0.15) is 14.0 Å². The molecule has 1 heterocycles. The molecule has 8 nitrogen and oxygen atoms in total. The number of para-hydroxylation sites is 1. The Hall–Kier alpha value is -4.95. The predicted octanol–water partition coefficient (Wildman–Crippen LogP) is 3.66. The maximum absolute atomic E-state index is 13.5. The zero-order chi connectivity index (χ0) is 27.9. The Morgan fingerprint density at radius 1 is 1.03 bits per heavy atom. The van der Waals surface area contributed by atoms with E-state index in [-0.39, 0.29) is 20.5 Å². The average molecular weight is 550 g/mol. The van der Waals surface area contributed by atoms with Crippen LogP contribution < -0.4 is 34.3 Å². The fraction of sp³-hybridized carbons (Fsp3) is 0.107. The summed E-state index contributed by atoms with van der Waals surface area (Å²) in [6.45, 7) is -2.96. The number of alkyl halides is 2. The van der Waals surface area contributed by atoms with Crippen molar-refractivity contribution in [3.8, 4) is 29.0 Å². The zero-order valence-corrected chi connectivity index (χ0v) is 21.5. The van der Waals surface area contributed by atoms with Gasteiger partial charge in [0.15, 0.2) is 17.1 Å². The Morgan fingerprint density at radius 2 is 1.72 bits per heavy atom. The number of hydrogen-bond donors (Lipinski definition) is 1. The van der Waals surface area contributed by atoms with Crippen molar-refractivity contribution in [2.45, 2.75) is 6.61 Å². The van der Waals surface area contributed by atoms with Gasteiger partial charge in [-0.15, -0.1) is 11.3 Å². The van der Waals surface area contributed by atoms with Gasteiger partial charge >= 0.3 is 6.61 Å². The minimum absolute atomic E-state index is 0.0253. The van der Waals surface area contributed by atoms with Crippen LogP contribution in [0.2, 0.25) is 0 Å². The molecule has 3 aromatic carbocycles. The van der Waals surface area contributed by atoms with Gasteiger partial charge in [-0.05, 0) is 48.0 Å². The van der Waals surface area contributed by atoms with Crippen LogP contribution in [0.4, 0.5) is 14.5 Å². The van der Waals surface area contributed by atoms with Crippen LogP contribution in [0.1, 0.15) is 5.56 Å². The number of nitrogens with one attached hydrogen (secondary N) is 1. The molecule has 39 heavy (non-hydrogen) atoms. The molecule has 0 atom stereocenters. The Balaban J connectivity index is 1.84. The molecule has 0 saturated heterocycles. The lowest BCUT2D eigenvalue weighted by atomic mass is 10.2. The zero-order valence-electron chi connectivity index (χ0n) is 20.7. The molecule has 0 bridgehead atoms. The highest BCUT2D eigenvalue weighted by molar-refractivity contribution is 7.07. The van der Waals surface area contributed by atoms with Crippen LogP contribution in [-0.2, 0) is 4.79 Å². The highest BCUT2D eigenvalue weighted by Crippen LogP contribution is 2.29. The lowest BCUT2D eigenvalue weighted by molar-refractivity contribution is -0.111. The van der Waals surface area contributed by atoms with Gasteiger partial charge in [-0.1, -0.05) is 30.3 Å². The van der Waals surface area contributed by atoms with E-state index in [0.29, 0.717) is 28.4 Å². The van der Waals surface area contributed by atoms with E-state index < -0.39 is 18.1 Å². The third kappa shape index (κ3) is 6.14. The summed E-state index contributed by atoms with van der Waals surface area (Å²) < 4.78 is 41.4. The van der Waals surface area contributed by atoms with Crippen LogP contribution in [0.5, 0.6) is 17.2 Å². The highest BCUT2D eigenvalue weighted by atomic mass is 32.1. The first-order chi connectivity index (χ1) is 18.8. The molecule has 0 radical (unpaired) electrons. The second-order valence-electron chi connectivity index (χ2n) is 7.85. The normalized spacial score (nSPS) is 12.1. The van der Waals surface area contributed by atoms with Gasteiger partial charge in [-0.25, -0.2) is 0 Å². The van der Waals surface area contributed by atoms with Gasteiger partial charge in [-0.3, -0.25) is 14.2 Å². The number of nitrogens with zero attached hydrogens (tertiary/aromatic N) is 2. The molecule has 0 aliphatic carbocycles. The average Bonchev–Trinajstić information content (AvgIpc) is 3.25. The first-order valence-electron chi connectivity index (χ1n) is 11.4. The number of benzene rings is 3. The summed E-state index contributed by atoms with van der Waals surface area (Å²) in [6, 6.07) is 21.0. The summed E-state index contributed by atoms with van der Waals surface area (Å²) in [4.78, 5) is 26.7. The van der Waals surface area contributed by atoms with Crippen LogP contribution in [0, 0.1) is 11.3 Å². The van der Waals surface area contributed by atoms with E-state index in [2.05, 4.69) is 10.1 Å². The van der Waals surface area contributed by atoms with Crippen molar-refractivity contribution >= 4 is 34.6 Å². The smallest absolute Gasteiger partial charge is 0.387 e. The van der Waals surface area contributed by atoms with Crippen molar-refractivity contribution in [2.24, 2.45) is 0 Å². The van der Waals surface area contributed by atoms with Crippen molar-refractivity contribution in [2.75, 3.05) is 19.5 Å². The van der Waals surface area contributed by atoms with E-state index in [0.717, 1.165) is 11.3 Å². The number of aromatic nitrogens is 1. The van der Waals surface area contributed by atoms with Gasteiger partial charge < -0.3 is 19.5 Å². The van der Waals surface area contributed by atoms with Gasteiger partial charge in [0.2, 0.25) is 0 Å². The van der Waals surface area contributed by atoms with Crippen molar-refractivity contribution < 1.29 is 27.8 Å². The lowest BCUT2D eigenvalue weighted by Crippen LogP contribution is -2.32. The molecule has 0 aliphatic heterocycles. The van der Waals surface area contributed by atoms with E-state index in [1.165, 1.54) is 43.1 Å². The second-order valence-corrected chi connectivity index (χ2v) is 8.88. The molecule has 0 fully saturated rings. The number of halogens is 2. The highest BCUT2D eigenvalue weighted by Gasteiger charge is 2.18. The van der Waals surface area contributed by atoms with E-state index in [1.54, 1.807) is 54.6 Å². The number of carbonyl (C=O) groups excluding carboxylic acids is 1. The molecule has 198 valence electrons. The Bertz CT molecular complexity index is 1710. The number of rotatable bonds is 8. The number of nitriles is 1. The quantitative estimate of drug-likeness (QED) is 0.360. The van der Waals surface area contributed by atoms with Crippen molar-refractivity contribution in [1.82, 2.24) is 4.57 Å². The number of methoxy groups -OCH3 is 2. The Morgan fingerprint density at radius 3 is 2.33 bits per heavy atom. The maximum atomic E-state index is 13.5. The van der Waals surface area contributed by atoms with E-state index in [1.807, 2.05) is 6.07 Å². The molecular formula is C28H21F2N3O5S. The van der Waals surface area contributed by atoms with E-state index in [4.69, 9.17) is 9.47 Å². The van der Waals surface area contributed by atoms with Crippen LogP contribution in [0.25, 0.3) is 17.3 Å². The molecule has 0 unspecified atom stereocenters. The van der Waals surface area contributed by atoms with Gasteiger partial charge in [0.25, 0.3) is 11.5 Å². The standard InChI is InChI=1S/C28H21F2N3O5S/c1-36-22-13-10-18(15-23(22)37-2)32-25(34)21(16-31)27-33(19-6-4-3-5-7-19)26(35)24(39-27)14-17-8-11-20(12-9-17)38-28(29)30/h3-15,28H,1-2H3,(H,32,34)/b24-14-,27-21-. The van der Waals surface area contributed by atoms with Gasteiger partial charge in [0.1, 0.15) is 16.5 Å². The molecule has 0 saturated carbocycles. The van der Waals surface area contributed by atoms with Crippen LogP contribution in [-0.4, -0.2) is 31.3 Å². The molecule has 1 aromatic heterocycles. The molecule has 4 aromatic rings. The number of ether oxygens (including phenoxy) is 3. The molecule has 0 spiro atoms. The monoisotopic (exact) mass is 549 g/mol. The second kappa shape index (κ2) is 12.1. The third-order valence-electron chi connectivity index (χ3n) is 5.44. The van der Waals surface area contributed by atoms with Crippen LogP contribution in [0.3, 0.4) is 0 Å². The molecule has 4 rings (SSSR count). The number of anilines is 1. The van der Waals surface area contributed by atoms with E-state index in [9.17, 15) is 23.6 Å². The minimum atomic E-state index is -2.96. The molecule has 1 amide bonds. The number of carbonyl (C=O) groups is 1. The van der Waals surface area contributed by atoms with Crippen molar-refractivity contribution in [1.29, 1.82) is 5.26 Å². The van der Waals surface area contributed by atoms with E-state index >= 15 is 0 Å². The first-order valence-corrected chi connectivity index (χ1v) is 12.2. The minimum Gasteiger partial charge on any atom is -0.493 e. The summed E-state index contributed by atoms with van der Waals surface area (Å²) in [7, 11) is 2.94. The third-order valence-corrected chi connectivity index (χ3v) is 6.53. The lowest BCUT2D eigenvalue weighted by Gasteiger charge is -2.10. The fourth-order valence-electron chi connectivity index (χ4n) is 3.66. The summed E-state index contributed by atoms with van der Waals surface area (Å²) >= 11 is 0.955. The maximum Gasteiger partial charge on any atom is 0.387 e. The predicted molar refractivity (Wildman–Crippen MR) is 143 cm³/mol. The summed E-state index contributed by atoms with van der Waals surface area (Å²) in [5.74, 6) is 0.0940. The summed E-state index contributed by atoms with van der Waals surface area (Å²) in [5, 5.41) is 12.7. The number of amides is 1. The van der Waals surface area contributed by atoms with Crippen molar-refractivity contribution in [3.63, 3.8) is 0 Å². The first kappa shape index (κ1) is 27.1. The van der Waals surface area contributed by atoms with Crippen molar-refractivity contribution in [3.05, 3.63) is 97.9 Å². The summed E-state index contributed by atoms with van der Waals surface area (Å²) in [5.41, 5.74) is 0.612. The molecule has 11 heteroatoms. The Kier molecular flexibility index (Phi) is 8.38. The topological polar surface area (TPSA) is 103 Å².